The maximum atomic E-state index is 14.0. The molecule has 0 saturated heterocycles. The van der Waals surface area contributed by atoms with Gasteiger partial charge in [0, 0.05) is 19.6 Å². The molecule has 0 saturated carbocycles. The molecule has 0 aliphatic carbocycles. The molecule has 0 fully saturated rings. The first-order valence-corrected chi connectivity index (χ1v) is 7.90. The number of hydrogen-bond donors (Lipinski definition) is 2. The molecule has 0 amide bonds. The molecule has 2 N–H and O–H groups in total. The predicted molar refractivity (Wildman–Crippen MR) is 87.7 cm³/mol. The van der Waals surface area contributed by atoms with E-state index in [4.69, 9.17) is 5.11 Å². The van der Waals surface area contributed by atoms with Crippen molar-refractivity contribution in [3.63, 3.8) is 0 Å². The summed E-state index contributed by atoms with van der Waals surface area (Å²) in [6.45, 7) is 8.77. The van der Waals surface area contributed by atoms with E-state index in [0.29, 0.717) is 31.2 Å². The van der Waals surface area contributed by atoms with Crippen LogP contribution < -0.4 is 10.2 Å². The van der Waals surface area contributed by atoms with Crippen LogP contribution in [0.25, 0.3) is 0 Å². The fraction of sp³-hybridized carbons (Fsp3) is 0.588. The minimum Gasteiger partial charge on any atom is -0.481 e. The molecule has 0 atom stereocenters. The third kappa shape index (κ3) is 6.43. The van der Waals surface area contributed by atoms with Crippen molar-refractivity contribution in [2.75, 3.05) is 24.5 Å². The van der Waals surface area contributed by atoms with Gasteiger partial charge in [0.2, 0.25) is 0 Å². The molecule has 0 heterocycles. The van der Waals surface area contributed by atoms with Crippen molar-refractivity contribution in [2.45, 2.75) is 40.2 Å². The summed E-state index contributed by atoms with van der Waals surface area (Å²) < 4.78 is 14.0. The van der Waals surface area contributed by atoms with E-state index in [1.807, 2.05) is 13.0 Å². The Kier molecular flexibility index (Phi) is 7.88. The van der Waals surface area contributed by atoms with E-state index in [-0.39, 0.29) is 12.2 Å². The van der Waals surface area contributed by atoms with Crippen molar-refractivity contribution in [3.05, 3.63) is 29.6 Å². The van der Waals surface area contributed by atoms with Crippen LogP contribution in [-0.2, 0) is 11.3 Å². The Balaban J connectivity index is 2.68. The zero-order valence-electron chi connectivity index (χ0n) is 13.7. The molecule has 0 unspecified atom stereocenters. The summed E-state index contributed by atoms with van der Waals surface area (Å²) in [6.07, 6.45) is 1.11. The van der Waals surface area contributed by atoms with Crippen LogP contribution >= 0.6 is 0 Å². The molecule has 1 aromatic carbocycles. The first-order valence-electron chi connectivity index (χ1n) is 7.90. The van der Waals surface area contributed by atoms with Crippen LogP contribution in [0.1, 0.15) is 39.2 Å². The summed E-state index contributed by atoms with van der Waals surface area (Å²) in [6, 6.07) is 5.04. The lowest BCUT2D eigenvalue weighted by Crippen LogP contribution is -2.27. The minimum atomic E-state index is -0.870. The normalized spacial score (nSPS) is 11.0. The van der Waals surface area contributed by atoms with Crippen molar-refractivity contribution in [2.24, 2.45) is 5.92 Å². The highest BCUT2D eigenvalue weighted by Gasteiger charge is 2.12. The van der Waals surface area contributed by atoms with Gasteiger partial charge in [0.25, 0.3) is 0 Å². The number of carboxylic acids is 1. The van der Waals surface area contributed by atoms with E-state index in [2.05, 4.69) is 19.2 Å². The number of hydrogen-bond acceptors (Lipinski definition) is 3. The summed E-state index contributed by atoms with van der Waals surface area (Å²) in [7, 11) is 0. The number of nitrogens with zero attached hydrogens (tertiary/aromatic N) is 1. The number of nitrogens with one attached hydrogen (secondary N) is 1. The fourth-order valence-electron chi connectivity index (χ4n) is 2.21. The molecule has 0 radical (unpaired) electrons. The molecular formula is C17H27FN2O2. The van der Waals surface area contributed by atoms with Crippen LogP contribution in [0.5, 0.6) is 0 Å². The highest BCUT2D eigenvalue weighted by Crippen LogP contribution is 2.21. The van der Waals surface area contributed by atoms with Crippen LogP contribution in [-0.4, -0.2) is 30.7 Å². The van der Waals surface area contributed by atoms with Gasteiger partial charge in [-0.15, -0.1) is 0 Å². The maximum absolute atomic E-state index is 14.0. The van der Waals surface area contributed by atoms with Gasteiger partial charge in [-0.05, 0) is 43.5 Å². The van der Waals surface area contributed by atoms with E-state index in [1.54, 1.807) is 11.0 Å². The number of rotatable bonds is 10. The Labute approximate surface area is 132 Å². The SMILES string of the molecule is CCN(CCC(=O)O)c1cc(CNCCC(C)C)ccc1F. The van der Waals surface area contributed by atoms with Gasteiger partial charge in [-0.3, -0.25) is 4.79 Å². The monoisotopic (exact) mass is 310 g/mol. The second-order valence-electron chi connectivity index (χ2n) is 5.87. The van der Waals surface area contributed by atoms with Crippen molar-refractivity contribution in [1.82, 2.24) is 5.32 Å². The van der Waals surface area contributed by atoms with Gasteiger partial charge in [-0.2, -0.15) is 0 Å². The van der Waals surface area contributed by atoms with Gasteiger partial charge in [-0.1, -0.05) is 19.9 Å². The zero-order valence-corrected chi connectivity index (χ0v) is 13.7. The van der Waals surface area contributed by atoms with Crippen LogP contribution in [0.4, 0.5) is 10.1 Å². The molecule has 1 aromatic rings. The zero-order chi connectivity index (χ0) is 16.5. The van der Waals surface area contributed by atoms with Crippen molar-refractivity contribution in [3.8, 4) is 0 Å². The molecule has 22 heavy (non-hydrogen) atoms. The Morgan fingerprint density at radius 1 is 1.41 bits per heavy atom. The Bertz CT molecular complexity index is 478. The summed E-state index contributed by atoms with van der Waals surface area (Å²) in [5, 5.41) is 12.1. The van der Waals surface area contributed by atoms with Crippen LogP contribution in [0.3, 0.4) is 0 Å². The summed E-state index contributed by atoms with van der Waals surface area (Å²) in [5.74, 6) is -0.522. The molecule has 0 spiro atoms. The minimum absolute atomic E-state index is 0.00411. The highest BCUT2D eigenvalue weighted by atomic mass is 19.1. The Morgan fingerprint density at radius 2 is 2.14 bits per heavy atom. The summed E-state index contributed by atoms with van der Waals surface area (Å²) in [4.78, 5) is 12.5. The fourth-order valence-corrected chi connectivity index (χ4v) is 2.21. The molecule has 5 heteroatoms. The van der Waals surface area contributed by atoms with E-state index < -0.39 is 5.97 Å². The first kappa shape index (κ1) is 18.4. The van der Waals surface area contributed by atoms with Crippen molar-refractivity contribution < 1.29 is 14.3 Å². The number of anilines is 1. The summed E-state index contributed by atoms with van der Waals surface area (Å²) >= 11 is 0. The molecule has 0 aromatic heterocycles. The second-order valence-corrected chi connectivity index (χ2v) is 5.87. The van der Waals surface area contributed by atoms with Gasteiger partial charge in [0.1, 0.15) is 5.82 Å². The molecule has 4 nitrogen and oxygen atoms in total. The smallest absolute Gasteiger partial charge is 0.305 e. The lowest BCUT2D eigenvalue weighted by Gasteiger charge is -2.23. The molecule has 1 rings (SSSR count). The molecular weight excluding hydrogens is 283 g/mol. The standard InChI is InChI=1S/C17H27FN2O2/c1-4-20(10-8-17(21)22)16-11-14(5-6-15(16)18)12-19-9-7-13(2)3/h5-6,11,13,19H,4,7-10,12H2,1-3H3,(H,21,22). The lowest BCUT2D eigenvalue weighted by atomic mass is 10.1. The van der Waals surface area contributed by atoms with Gasteiger partial charge in [0.15, 0.2) is 0 Å². The average molecular weight is 310 g/mol. The van der Waals surface area contributed by atoms with E-state index >= 15 is 0 Å². The maximum Gasteiger partial charge on any atom is 0.305 e. The van der Waals surface area contributed by atoms with Crippen LogP contribution in [0, 0.1) is 11.7 Å². The average Bonchev–Trinajstić information content (AvgIpc) is 2.46. The van der Waals surface area contributed by atoms with Crippen LogP contribution in [0.2, 0.25) is 0 Å². The number of aliphatic carboxylic acids is 1. The Hall–Kier alpha value is -1.62. The number of benzene rings is 1. The van der Waals surface area contributed by atoms with Gasteiger partial charge >= 0.3 is 5.97 Å². The Morgan fingerprint density at radius 3 is 2.73 bits per heavy atom. The largest absolute Gasteiger partial charge is 0.481 e. The number of halogens is 1. The van der Waals surface area contributed by atoms with E-state index in [1.165, 1.54) is 6.07 Å². The number of carboxylic acid groups (broad SMARTS) is 1. The van der Waals surface area contributed by atoms with E-state index in [0.717, 1.165) is 18.5 Å². The van der Waals surface area contributed by atoms with Crippen molar-refractivity contribution >= 4 is 11.7 Å². The quantitative estimate of drug-likeness (QED) is 0.651. The van der Waals surface area contributed by atoms with Crippen LogP contribution in [0.15, 0.2) is 18.2 Å². The highest BCUT2D eigenvalue weighted by molar-refractivity contribution is 5.67. The second kappa shape index (κ2) is 9.41. The lowest BCUT2D eigenvalue weighted by molar-refractivity contribution is -0.136. The summed E-state index contributed by atoms with van der Waals surface area (Å²) in [5.41, 5.74) is 1.49. The predicted octanol–water partition coefficient (Wildman–Crippen LogP) is 3.26. The van der Waals surface area contributed by atoms with Gasteiger partial charge in [0.05, 0.1) is 12.1 Å². The van der Waals surface area contributed by atoms with E-state index in [9.17, 15) is 9.18 Å². The molecule has 0 aliphatic rings. The molecule has 0 aliphatic heterocycles. The third-order valence-electron chi connectivity index (χ3n) is 3.56. The third-order valence-corrected chi connectivity index (χ3v) is 3.56. The topological polar surface area (TPSA) is 52.6 Å². The molecule has 124 valence electrons. The first-order chi connectivity index (χ1) is 10.4. The van der Waals surface area contributed by atoms with Gasteiger partial charge in [-0.25, -0.2) is 4.39 Å². The number of carbonyl (C=O) groups is 1. The van der Waals surface area contributed by atoms with Crippen molar-refractivity contribution in [1.29, 1.82) is 0 Å². The van der Waals surface area contributed by atoms with Gasteiger partial charge < -0.3 is 15.3 Å². The molecule has 0 bridgehead atoms.